The first-order valence-electron chi connectivity index (χ1n) is 5.80. The van der Waals surface area contributed by atoms with Crippen LogP contribution in [0.5, 0.6) is 0 Å². The lowest BCUT2D eigenvalue weighted by atomic mass is 9.96. The predicted molar refractivity (Wildman–Crippen MR) is 62.8 cm³/mol. The van der Waals surface area contributed by atoms with Gasteiger partial charge in [-0.15, -0.1) is 0 Å². The standard InChI is InChI=1S/C13H19NO/c14-12-6-1-4-11(10-12)5-3-9-15-13-7-2-8-13/h1,4,6,10,13H,2-3,5,7-9,14H2. The van der Waals surface area contributed by atoms with E-state index >= 15 is 0 Å². The van der Waals surface area contributed by atoms with E-state index in [1.54, 1.807) is 0 Å². The van der Waals surface area contributed by atoms with Gasteiger partial charge in [-0.25, -0.2) is 0 Å². The van der Waals surface area contributed by atoms with Crippen LogP contribution in [0.3, 0.4) is 0 Å². The molecule has 1 aromatic carbocycles. The zero-order valence-corrected chi connectivity index (χ0v) is 9.11. The normalized spacial score (nSPS) is 16.3. The fourth-order valence-electron chi connectivity index (χ4n) is 1.81. The van der Waals surface area contributed by atoms with E-state index in [-0.39, 0.29) is 0 Å². The molecule has 2 rings (SSSR count). The van der Waals surface area contributed by atoms with E-state index in [0.717, 1.165) is 25.1 Å². The van der Waals surface area contributed by atoms with Gasteiger partial charge in [-0.2, -0.15) is 0 Å². The molecule has 2 N–H and O–H groups in total. The molecule has 1 aromatic rings. The first-order valence-corrected chi connectivity index (χ1v) is 5.80. The maximum Gasteiger partial charge on any atom is 0.0575 e. The van der Waals surface area contributed by atoms with Crippen LogP contribution < -0.4 is 5.73 Å². The summed E-state index contributed by atoms with van der Waals surface area (Å²) in [6.45, 7) is 0.888. The highest BCUT2D eigenvalue weighted by atomic mass is 16.5. The molecule has 0 amide bonds. The summed E-state index contributed by atoms with van der Waals surface area (Å²) in [4.78, 5) is 0. The third-order valence-electron chi connectivity index (χ3n) is 2.97. The van der Waals surface area contributed by atoms with Crippen LogP contribution in [0, 0.1) is 0 Å². The molecule has 0 aliphatic heterocycles. The van der Waals surface area contributed by atoms with Crippen molar-refractivity contribution in [2.45, 2.75) is 38.2 Å². The zero-order valence-electron chi connectivity index (χ0n) is 9.11. The van der Waals surface area contributed by atoms with Crippen molar-refractivity contribution in [1.29, 1.82) is 0 Å². The Morgan fingerprint density at radius 3 is 2.87 bits per heavy atom. The highest BCUT2D eigenvalue weighted by Crippen LogP contribution is 2.22. The van der Waals surface area contributed by atoms with Crippen molar-refractivity contribution in [3.63, 3.8) is 0 Å². The number of nitrogens with two attached hydrogens (primary N) is 1. The van der Waals surface area contributed by atoms with Crippen LogP contribution in [0.1, 0.15) is 31.2 Å². The van der Waals surface area contributed by atoms with Crippen LogP contribution >= 0.6 is 0 Å². The molecule has 1 saturated carbocycles. The lowest BCUT2D eigenvalue weighted by molar-refractivity contribution is 0.00147. The predicted octanol–water partition coefficient (Wildman–Crippen LogP) is 2.77. The maximum absolute atomic E-state index is 5.71. The fourth-order valence-corrected chi connectivity index (χ4v) is 1.81. The molecule has 0 heterocycles. The van der Waals surface area contributed by atoms with Crippen molar-refractivity contribution < 1.29 is 4.74 Å². The highest BCUT2D eigenvalue weighted by Gasteiger charge is 2.16. The van der Waals surface area contributed by atoms with Gasteiger partial charge in [0.15, 0.2) is 0 Å². The summed E-state index contributed by atoms with van der Waals surface area (Å²) in [5.74, 6) is 0. The van der Waals surface area contributed by atoms with Crippen LogP contribution in [0.2, 0.25) is 0 Å². The van der Waals surface area contributed by atoms with Crippen LogP contribution in [0.4, 0.5) is 5.69 Å². The minimum Gasteiger partial charge on any atom is -0.399 e. The lowest BCUT2D eigenvalue weighted by Crippen LogP contribution is -2.22. The Labute approximate surface area is 91.4 Å². The molecule has 0 unspecified atom stereocenters. The van der Waals surface area contributed by atoms with E-state index in [4.69, 9.17) is 10.5 Å². The largest absolute Gasteiger partial charge is 0.399 e. The third kappa shape index (κ3) is 3.24. The number of anilines is 1. The van der Waals surface area contributed by atoms with Gasteiger partial charge in [0.1, 0.15) is 0 Å². The van der Waals surface area contributed by atoms with Crippen molar-refractivity contribution >= 4 is 5.69 Å². The highest BCUT2D eigenvalue weighted by molar-refractivity contribution is 5.40. The number of rotatable bonds is 5. The summed E-state index contributed by atoms with van der Waals surface area (Å²) in [6.07, 6.45) is 6.60. The van der Waals surface area contributed by atoms with Gasteiger partial charge in [0.2, 0.25) is 0 Å². The molecular formula is C13H19NO. The molecule has 0 radical (unpaired) electrons. The SMILES string of the molecule is Nc1cccc(CCCOC2CCC2)c1. The van der Waals surface area contributed by atoms with Gasteiger partial charge in [0.25, 0.3) is 0 Å². The van der Waals surface area contributed by atoms with Crippen LogP contribution in [-0.4, -0.2) is 12.7 Å². The summed E-state index contributed by atoms with van der Waals surface area (Å²) < 4.78 is 5.70. The Kier molecular flexibility index (Phi) is 3.62. The van der Waals surface area contributed by atoms with Crippen molar-refractivity contribution in [3.8, 4) is 0 Å². The minimum absolute atomic E-state index is 0.561. The molecule has 0 aromatic heterocycles. The molecule has 2 nitrogen and oxygen atoms in total. The van der Waals surface area contributed by atoms with E-state index in [1.807, 2.05) is 18.2 Å². The molecule has 0 spiro atoms. The average molecular weight is 205 g/mol. The summed E-state index contributed by atoms with van der Waals surface area (Å²) in [7, 11) is 0. The number of aryl methyl sites for hydroxylation is 1. The molecule has 2 heteroatoms. The number of ether oxygens (including phenoxy) is 1. The van der Waals surface area contributed by atoms with E-state index in [1.165, 1.54) is 24.8 Å². The van der Waals surface area contributed by atoms with E-state index in [2.05, 4.69) is 6.07 Å². The lowest BCUT2D eigenvalue weighted by Gasteiger charge is -2.25. The molecule has 15 heavy (non-hydrogen) atoms. The van der Waals surface area contributed by atoms with Gasteiger partial charge in [-0.3, -0.25) is 0 Å². The Balaban J connectivity index is 1.64. The van der Waals surface area contributed by atoms with Gasteiger partial charge in [0, 0.05) is 12.3 Å². The molecule has 0 bridgehead atoms. The van der Waals surface area contributed by atoms with Crippen LogP contribution in [-0.2, 0) is 11.2 Å². The fraction of sp³-hybridized carbons (Fsp3) is 0.538. The van der Waals surface area contributed by atoms with Gasteiger partial charge in [-0.05, 0) is 49.8 Å². The molecule has 0 saturated heterocycles. The Hall–Kier alpha value is -1.02. The first-order chi connectivity index (χ1) is 7.34. The summed E-state index contributed by atoms with van der Waals surface area (Å²) in [5, 5.41) is 0. The summed E-state index contributed by atoms with van der Waals surface area (Å²) in [5.41, 5.74) is 7.88. The van der Waals surface area contributed by atoms with Gasteiger partial charge < -0.3 is 10.5 Å². The first kappa shape index (κ1) is 10.5. The molecule has 1 aliphatic carbocycles. The minimum atomic E-state index is 0.561. The number of nitrogen functional groups attached to an aromatic ring is 1. The van der Waals surface area contributed by atoms with E-state index in [9.17, 15) is 0 Å². The topological polar surface area (TPSA) is 35.2 Å². The molecule has 1 aliphatic rings. The van der Waals surface area contributed by atoms with Crippen molar-refractivity contribution in [2.75, 3.05) is 12.3 Å². The maximum atomic E-state index is 5.71. The van der Waals surface area contributed by atoms with Crippen molar-refractivity contribution in [3.05, 3.63) is 29.8 Å². The Morgan fingerprint density at radius 2 is 2.20 bits per heavy atom. The van der Waals surface area contributed by atoms with E-state index in [0.29, 0.717) is 6.10 Å². The van der Waals surface area contributed by atoms with Crippen LogP contribution in [0.15, 0.2) is 24.3 Å². The second-order valence-electron chi connectivity index (χ2n) is 4.27. The number of hydrogen-bond acceptors (Lipinski definition) is 2. The van der Waals surface area contributed by atoms with Crippen molar-refractivity contribution in [1.82, 2.24) is 0 Å². The second-order valence-corrected chi connectivity index (χ2v) is 4.27. The third-order valence-corrected chi connectivity index (χ3v) is 2.97. The zero-order chi connectivity index (χ0) is 10.5. The van der Waals surface area contributed by atoms with Crippen LogP contribution in [0.25, 0.3) is 0 Å². The second kappa shape index (κ2) is 5.17. The summed E-state index contributed by atoms with van der Waals surface area (Å²) >= 11 is 0. The van der Waals surface area contributed by atoms with Gasteiger partial charge in [-0.1, -0.05) is 12.1 Å². The molecular weight excluding hydrogens is 186 g/mol. The summed E-state index contributed by atoms with van der Waals surface area (Å²) in [6, 6.07) is 8.11. The van der Waals surface area contributed by atoms with E-state index < -0.39 is 0 Å². The molecule has 82 valence electrons. The molecule has 0 atom stereocenters. The number of hydrogen-bond donors (Lipinski definition) is 1. The van der Waals surface area contributed by atoms with Gasteiger partial charge >= 0.3 is 0 Å². The monoisotopic (exact) mass is 205 g/mol. The Bertz CT molecular complexity index is 307. The Morgan fingerprint density at radius 1 is 1.33 bits per heavy atom. The quantitative estimate of drug-likeness (QED) is 0.592. The smallest absolute Gasteiger partial charge is 0.0575 e. The average Bonchev–Trinajstić information content (AvgIpc) is 2.15. The van der Waals surface area contributed by atoms with Gasteiger partial charge in [0.05, 0.1) is 6.10 Å². The van der Waals surface area contributed by atoms with Crippen molar-refractivity contribution in [2.24, 2.45) is 0 Å². The molecule has 1 fully saturated rings. The number of benzene rings is 1.